The summed E-state index contributed by atoms with van der Waals surface area (Å²) < 4.78 is 1.93. The van der Waals surface area contributed by atoms with Gasteiger partial charge in [0.25, 0.3) is 0 Å². The van der Waals surface area contributed by atoms with Crippen molar-refractivity contribution in [1.82, 2.24) is 19.5 Å². The van der Waals surface area contributed by atoms with Crippen molar-refractivity contribution in [2.45, 2.75) is 26.3 Å². The smallest absolute Gasteiger partial charge is 0.202 e. The van der Waals surface area contributed by atoms with Gasteiger partial charge in [0.15, 0.2) is 10.8 Å². The van der Waals surface area contributed by atoms with Gasteiger partial charge in [-0.1, -0.05) is 11.6 Å². The van der Waals surface area contributed by atoms with Crippen LogP contribution in [0.5, 0.6) is 0 Å². The van der Waals surface area contributed by atoms with Crippen molar-refractivity contribution in [2.24, 2.45) is 5.92 Å². The van der Waals surface area contributed by atoms with Crippen LogP contribution in [0, 0.1) is 12.8 Å². The first kappa shape index (κ1) is 9.84. The first-order chi connectivity index (χ1) is 7.65. The molecule has 5 nitrogen and oxygen atoms in total. The van der Waals surface area contributed by atoms with E-state index in [-0.39, 0.29) is 0 Å². The standard InChI is InChI=1S/C10H12ClN5/c1-5-13-8(11)7-9(14-5)15-10(12)16(7)4-6-2-3-6/h6H,2-4H2,1H3,(H2,12,13,14,15). The third-order valence-corrected chi connectivity index (χ3v) is 3.10. The largest absolute Gasteiger partial charge is 0.369 e. The van der Waals surface area contributed by atoms with Crippen molar-refractivity contribution in [1.29, 1.82) is 0 Å². The monoisotopic (exact) mass is 237 g/mol. The minimum absolute atomic E-state index is 0.437. The van der Waals surface area contributed by atoms with Crippen molar-refractivity contribution in [2.75, 3.05) is 5.73 Å². The Labute approximate surface area is 97.7 Å². The van der Waals surface area contributed by atoms with Gasteiger partial charge in [-0.25, -0.2) is 9.97 Å². The molecule has 2 aromatic heterocycles. The number of nitrogens with two attached hydrogens (primary N) is 1. The van der Waals surface area contributed by atoms with Crippen molar-refractivity contribution in [3.05, 3.63) is 11.0 Å². The van der Waals surface area contributed by atoms with Gasteiger partial charge in [0, 0.05) is 6.54 Å². The first-order valence-electron chi connectivity index (χ1n) is 5.31. The fourth-order valence-corrected chi connectivity index (χ4v) is 2.16. The minimum Gasteiger partial charge on any atom is -0.369 e. The van der Waals surface area contributed by atoms with Gasteiger partial charge in [0.2, 0.25) is 5.95 Å². The number of nitrogen functional groups attached to an aromatic ring is 1. The molecule has 3 rings (SSSR count). The number of hydrogen-bond donors (Lipinski definition) is 1. The number of fused-ring (bicyclic) bond motifs is 1. The second-order valence-corrected chi connectivity index (χ2v) is 4.62. The highest BCUT2D eigenvalue weighted by atomic mass is 35.5. The van der Waals surface area contributed by atoms with Gasteiger partial charge in [-0.05, 0) is 25.7 Å². The first-order valence-corrected chi connectivity index (χ1v) is 5.69. The topological polar surface area (TPSA) is 69.6 Å². The fraction of sp³-hybridized carbons (Fsp3) is 0.500. The van der Waals surface area contributed by atoms with E-state index in [1.807, 2.05) is 4.57 Å². The van der Waals surface area contributed by atoms with Crippen LogP contribution in [0.3, 0.4) is 0 Å². The average Bonchev–Trinajstić information content (AvgIpc) is 2.93. The molecule has 84 valence electrons. The molecule has 0 unspecified atom stereocenters. The number of rotatable bonds is 2. The molecule has 0 aromatic carbocycles. The molecule has 0 atom stereocenters. The lowest BCUT2D eigenvalue weighted by Gasteiger charge is -2.05. The summed E-state index contributed by atoms with van der Waals surface area (Å²) in [6.07, 6.45) is 2.51. The maximum absolute atomic E-state index is 6.12. The number of hydrogen-bond acceptors (Lipinski definition) is 4. The van der Waals surface area contributed by atoms with Gasteiger partial charge in [-0.3, -0.25) is 0 Å². The molecule has 2 N–H and O–H groups in total. The predicted molar refractivity (Wildman–Crippen MR) is 62.2 cm³/mol. The Morgan fingerprint density at radius 2 is 2.12 bits per heavy atom. The van der Waals surface area contributed by atoms with E-state index in [1.165, 1.54) is 12.8 Å². The SMILES string of the molecule is Cc1nc(Cl)c2c(n1)nc(N)n2CC1CC1. The van der Waals surface area contributed by atoms with Crippen LogP contribution in [-0.4, -0.2) is 19.5 Å². The van der Waals surface area contributed by atoms with Crippen LogP contribution in [0.15, 0.2) is 0 Å². The Morgan fingerprint density at radius 3 is 2.81 bits per heavy atom. The third-order valence-electron chi connectivity index (χ3n) is 2.84. The lowest BCUT2D eigenvalue weighted by atomic mass is 10.4. The zero-order chi connectivity index (χ0) is 11.3. The van der Waals surface area contributed by atoms with E-state index in [9.17, 15) is 0 Å². The van der Waals surface area contributed by atoms with Crippen molar-refractivity contribution < 1.29 is 0 Å². The summed E-state index contributed by atoms with van der Waals surface area (Å²) in [6.45, 7) is 2.66. The molecule has 1 fully saturated rings. The Morgan fingerprint density at radius 1 is 1.38 bits per heavy atom. The number of nitrogens with zero attached hydrogens (tertiary/aromatic N) is 4. The maximum Gasteiger partial charge on any atom is 0.202 e. The highest BCUT2D eigenvalue weighted by Gasteiger charge is 2.25. The summed E-state index contributed by atoms with van der Waals surface area (Å²) in [6, 6.07) is 0. The van der Waals surface area contributed by atoms with Crippen molar-refractivity contribution in [3.63, 3.8) is 0 Å². The van der Waals surface area contributed by atoms with E-state index in [0.29, 0.717) is 28.5 Å². The molecule has 0 aliphatic heterocycles. The van der Waals surface area contributed by atoms with E-state index in [2.05, 4.69) is 15.0 Å². The molecule has 0 radical (unpaired) electrons. The number of aromatic nitrogens is 4. The minimum atomic E-state index is 0.437. The van der Waals surface area contributed by atoms with Gasteiger partial charge in [-0.15, -0.1) is 0 Å². The summed E-state index contributed by atoms with van der Waals surface area (Å²) in [7, 11) is 0. The summed E-state index contributed by atoms with van der Waals surface area (Å²) >= 11 is 6.12. The zero-order valence-corrected chi connectivity index (χ0v) is 9.70. The quantitative estimate of drug-likeness (QED) is 0.809. The molecule has 1 aliphatic carbocycles. The van der Waals surface area contributed by atoms with E-state index in [4.69, 9.17) is 17.3 Å². The van der Waals surface area contributed by atoms with Gasteiger partial charge < -0.3 is 10.3 Å². The highest BCUT2D eigenvalue weighted by Crippen LogP contribution is 2.33. The van der Waals surface area contributed by atoms with Crippen LogP contribution >= 0.6 is 11.6 Å². The van der Waals surface area contributed by atoms with E-state index in [0.717, 1.165) is 12.1 Å². The molecule has 6 heteroatoms. The molecule has 1 aliphatic rings. The summed E-state index contributed by atoms with van der Waals surface area (Å²) in [5.74, 6) is 1.80. The van der Waals surface area contributed by atoms with E-state index >= 15 is 0 Å². The van der Waals surface area contributed by atoms with Crippen molar-refractivity contribution >= 4 is 28.7 Å². The third kappa shape index (κ3) is 1.51. The Hall–Kier alpha value is -1.36. The Balaban J connectivity index is 2.21. The fourth-order valence-electron chi connectivity index (χ4n) is 1.86. The van der Waals surface area contributed by atoms with E-state index < -0.39 is 0 Å². The van der Waals surface area contributed by atoms with Gasteiger partial charge in [0.1, 0.15) is 11.3 Å². The molecule has 2 aromatic rings. The maximum atomic E-state index is 6.12. The summed E-state index contributed by atoms with van der Waals surface area (Å²) in [4.78, 5) is 12.6. The van der Waals surface area contributed by atoms with Crippen LogP contribution < -0.4 is 5.73 Å². The van der Waals surface area contributed by atoms with Crippen LogP contribution in [0.1, 0.15) is 18.7 Å². The second kappa shape index (κ2) is 3.31. The van der Waals surface area contributed by atoms with Crippen LogP contribution in [-0.2, 0) is 6.54 Å². The molecule has 0 bridgehead atoms. The molecule has 2 heterocycles. The highest BCUT2D eigenvalue weighted by molar-refractivity contribution is 6.33. The number of halogens is 1. The van der Waals surface area contributed by atoms with Crippen molar-refractivity contribution in [3.8, 4) is 0 Å². The Kier molecular flexibility index (Phi) is 2.04. The summed E-state index contributed by atoms with van der Waals surface area (Å²) in [5.41, 5.74) is 7.23. The number of anilines is 1. The van der Waals surface area contributed by atoms with Gasteiger partial charge in [-0.2, -0.15) is 4.98 Å². The lowest BCUT2D eigenvalue weighted by Crippen LogP contribution is -2.05. The number of aryl methyl sites for hydroxylation is 1. The molecule has 0 spiro atoms. The molecule has 0 amide bonds. The number of imidazole rings is 1. The lowest BCUT2D eigenvalue weighted by molar-refractivity contribution is 0.650. The van der Waals surface area contributed by atoms with Gasteiger partial charge >= 0.3 is 0 Å². The normalized spacial score (nSPS) is 15.9. The summed E-state index contributed by atoms with van der Waals surface area (Å²) in [5, 5.41) is 0.437. The average molecular weight is 238 g/mol. The molecular formula is C10H12ClN5. The molecule has 1 saturated carbocycles. The predicted octanol–water partition coefficient (Wildman–Crippen LogP) is 1.78. The van der Waals surface area contributed by atoms with Crippen LogP contribution in [0.4, 0.5) is 5.95 Å². The molecular weight excluding hydrogens is 226 g/mol. The molecule has 0 saturated heterocycles. The Bertz CT molecular complexity index is 558. The van der Waals surface area contributed by atoms with Gasteiger partial charge in [0.05, 0.1) is 0 Å². The second-order valence-electron chi connectivity index (χ2n) is 4.26. The zero-order valence-electron chi connectivity index (χ0n) is 8.94. The van der Waals surface area contributed by atoms with E-state index in [1.54, 1.807) is 6.92 Å². The molecule has 16 heavy (non-hydrogen) atoms. The van der Waals surface area contributed by atoms with Crippen LogP contribution in [0.2, 0.25) is 5.15 Å². The van der Waals surface area contributed by atoms with Crippen LogP contribution in [0.25, 0.3) is 11.2 Å².